The zero-order valence-electron chi connectivity index (χ0n) is 13.5. The van der Waals surface area contributed by atoms with Crippen molar-refractivity contribution in [2.45, 2.75) is 13.0 Å². The fourth-order valence-corrected chi connectivity index (χ4v) is 2.42. The Hall–Kier alpha value is -2.50. The van der Waals surface area contributed by atoms with Gasteiger partial charge in [0.25, 0.3) is 0 Å². The van der Waals surface area contributed by atoms with Gasteiger partial charge in [0.05, 0.1) is 18.7 Å². The topological polar surface area (TPSA) is 61.9 Å². The summed E-state index contributed by atoms with van der Waals surface area (Å²) >= 11 is 0. The van der Waals surface area contributed by atoms with Gasteiger partial charge in [-0.3, -0.25) is 0 Å². The number of hydrogen-bond acceptors (Lipinski definition) is 4. The number of anilines is 1. The van der Waals surface area contributed by atoms with Crippen LogP contribution in [0.15, 0.2) is 35.5 Å². The lowest BCUT2D eigenvalue weighted by molar-refractivity contribution is -0.136. The van der Waals surface area contributed by atoms with Gasteiger partial charge >= 0.3 is 12.0 Å². The van der Waals surface area contributed by atoms with Crippen molar-refractivity contribution in [1.82, 2.24) is 10.2 Å². The first-order valence-corrected chi connectivity index (χ1v) is 6.97. The molecule has 0 spiro atoms. The standard InChI is InChI=1S/C16H21N3O3/c1-10-13(15(20)22-5)14(17-16(21)19(10)4)11-6-8-12(9-7-11)18(2)3/h6-9,14H,1-5H3,(H,17,21)/t14-/m1/s1. The lowest BCUT2D eigenvalue weighted by atomic mass is 9.95. The third-order valence-corrected chi connectivity index (χ3v) is 3.90. The van der Waals surface area contributed by atoms with Crippen LogP contribution in [0.5, 0.6) is 0 Å². The molecule has 2 amide bonds. The Morgan fingerprint density at radius 1 is 1.27 bits per heavy atom. The number of esters is 1. The highest BCUT2D eigenvalue weighted by molar-refractivity contribution is 5.94. The molecule has 1 aromatic carbocycles. The molecule has 0 saturated heterocycles. The molecule has 6 heteroatoms. The van der Waals surface area contributed by atoms with E-state index in [0.717, 1.165) is 11.3 Å². The molecular formula is C16H21N3O3. The molecule has 0 radical (unpaired) electrons. The fraction of sp³-hybridized carbons (Fsp3) is 0.375. The summed E-state index contributed by atoms with van der Waals surface area (Å²) in [7, 11) is 6.87. The van der Waals surface area contributed by atoms with Crippen LogP contribution in [0.3, 0.4) is 0 Å². The number of ether oxygens (including phenoxy) is 1. The van der Waals surface area contributed by atoms with Crippen molar-refractivity contribution in [3.63, 3.8) is 0 Å². The number of amides is 2. The minimum atomic E-state index is -0.507. The molecule has 0 unspecified atom stereocenters. The number of carbonyl (C=O) groups is 2. The van der Waals surface area contributed by atoms with Crippen LogP contribution >= 0.6 is 0 Å². The van der Waals surface area contributed by atoms with E-state index in [1.54, 1.807) is 14.0 Å². The Labute approximate surface area is 130 Å². The quantitative estimate of drug-likeness (QED) is 0.866. The van der Waals surface area contributed by atoms with Gasteiger partial charge in [0, 0.05) is 32.5 Å². The summed E-state index contributed by atoms with van der Waals surface area (Å²) in [5, 5.41) is 2.84. The number of methoxy groups -OCH3 is 1. The van der Waals surface area contributed by atoms with Crippen molar-refractivity contribution in [3.05, 3.63) is 41.1 Å². The van der Waals surface area contributed by atoms with Crippen LogP contribution < -0.4 is 10.2 Å². The van der Waals surface area contributed by atoms with Crippen LogP contribution in [-0.2, 0) is 9.53 Å². The molecule has 1 aliphatic rings. The number of nitrogens with one attached hydrogen (secondary N) is 1. The summed E-state index contributed by atoms with van der Waals surface area (Å²) in [6.07, 6.45) is 0. The maximum Gasteiger partial charge on any atom is 0.337 e. The second kappa shape index (κ2) is 6.09. The predicted molar refractivity (Wildman–Crippen MR) is 84.5 cm³/mol. The summed E-state index contributed by atoms with van der Waals surface area (Å²) in [5.41, 5.74) is 2.93. The molecule has 22 heavy (non-hydrogen) atoms. The normalized spacial score (nSPS) is 18.1. The van der Waals surface area contributed by atoms with Crippen molar-refractivity contribution < 1.29 is 14.3 Å². The van der Waals surface area contributed by atoms with E-state index >= 15 is 0 Å². The Kier molecular flexibility index (Phi) is 4.40. The predicted octanol–water partition coefficient (Wildman–Crippen LogP) is 1.90. The van der Waals surface area contributed by atoms with Gasteiger partial charge in [-0.15, -0.1) is 0 Å². The first-order chi connectivity index (χ1) is 10.4. The Morgan fingerprint density at radius 3 is 2.36 bits per heavy atom. The number of urea groups is 1. The second-order valence-electron chi connectivity index (χ2n) is 5.42. The van der Waals surface area contributed by atoms with E-state index in [2.05, 4.69) is 5.32 Å². The minimum Gasteiger partial charge on any atom is -0.466 e. The molecule has 1 aliphatic heterocycles. The molecule has 1 N–H and O–H groups in total. The summed E-state index contributed by atoms with van der Waals surface area (Å²) in [5.74, 6) is -0.439. The Bertz CT molecular complexity index is 620. The summed E-state index contributed by atoms with van der Waals surface area (Å²) < 4.78 is 4.87. The van der Waals surface area contributed by atoms with Crippen LogP contribution in [0.4, 0.5) is 10.5 Å². The molecule has 0 bridgehead atoms. The van der Waals surface area contributed by atoms with E-state index in [0.29, 0.717) is 11.3 Å². The van der Waals surface area contributed by atoms with Crippen LogP contribution in [0.25, 0.3) is 0 Å². The number of allylic oxidation sites excluding steroid dienone is 1. The van der Waals surface area contributed by atoms with Crippen LogP contribution in [0, 0.1) is 0 Å². The zero-order chi connectivity index (χ0) is 16.4. The first-order valence-electron chi connectivity index (χ1n) is 6.97. The van der Waals surface area contributed by atoms with E-state index in [-0.39, 0.29) is 6.03 Å². The lowest BCUT2D eigenvalue weighted by Crippen LogP contribution is -2.46. The first kappa shape index (κ1) is 15.9. The summed E-state index contributed by atoms with van der Waals surface area (Å²) in [6, 6.07) is 6.96. The van der Waals surface area contributed by atoms with E-state index in [4.69, 9.17) is 4.74 Å². The minimum absolute atomic E-state index is 0.244. The lowest BCUT2D eigenvalue weighted by Gasteiger charge is -2.33. The highest BCUT2D eigenvalue weighted by atomic mass is 16.5. The van der Waals surface area contributed by atoms with Crippen LogP contribution in [0.2, 0.25) is 0 Å². The Morgan fingerprint density at radius 2 is 1.86 bits per heavy atom. The third-order valence-electron chi connectivity index (χ3n) is 3.90. The number of nitrogens with zero attached hydrogens (tertiary/aromatic N) is 2. The zero-order valence-corrected chi connectivity index (χ0v) is 13.5. The third kappa shape index (κ3) is 2.77. The summed E-state index contributed by atoms with van der Waals surface area (Å²) in [4.78, 5) is 27.6. The van der Waals surface area contributed by atoms with E-state index in [1.165, 1.54) is 12.0 Å². The smallest absolute Gasteiger partial charge is 0.337 e. The van der Waals surface area contributed by atoms with Gasteiger partial charge in [-0.1, -0.05) is 12.1 Å². The molecule has 0 fully saturated rings. The van der Waals surface area contributed by atoms with Gasteiger partial charge in [0.1, 0.15) is 0 Å². The molecule has 0 aromatic heterocycles. The van der Waals surface area contributed by atoms with E-state index in [1.807, 2.05) is 43.3 Å². The van der Waals surface area contributed by atoms with Crippen molar-refractivity contribution in [2.75, 3.05) is 33.2 Å². The number of carbonyl (C=O) groups excluding carboxylic acids is 2. The maximum absolute atomic E-state index is 12.1. The SMILES string of the molecule is COC(=O)C1=C(C)N(C)C(=O)N[C@@H]1c1ccc(N(C)C)cc1. The largest absolute Gasteiger partial charge is 0.466 e. The molecular weight excluding hydrogens is 282 g/mol. The van der Waals surface area contributed by atoms with Crippen molar-refractivity contribution >= 4 is 17.7 Å². The maximum atomic E-state index is 12.1. The van der Waals surface area contributed by atoms with Crippen molar-refractivity contribution in [3.8, 4) is 0 Å². The number of hydrogen-bond donors (Lipinski definition) is 1. The molecule has 2 rings (SSSR count). The average molecular weight is 303 g/mol. The molecule has 1 aromatic rings. The van der Waals surface area contributed by atoms with Crippen LogP contribution in [0.1, 0.15) is 18.5 Å². The van der Waals surface area contributed by atoms with Gasteiger partial charge in [-0.05, 0) is 24.6 Å². The van der Waals surface area contributed by atoms with Gasteiger partial charge in [0.2, 0.25) is 0 Å². The van der Waals surface area contributed by atoms with Gasteiger partial charge in [0.15, 0.2) is 0 Å². The highest BCUT2D eigenvalue weighted by Gasteiger charge is 2.34. The highest BCUT2D eigenvalue weighted by Crippen LogP contribution is 2.31. The molecule has 0 aliphatic carbocycles. The van der Waals surface area contributed by atoms with Gasteiger partial charge in [-0.25, -0.2) is 9.59 Å². The molecule has 1 heterocycles. The average Bonchev–Trinajstić information content (AvgIpc) is 2.51. The van der Waals surface area contributed by atoms with E-state index < -0.39 is 12.0 Å². The Balaban J connectivity index is 2.46. The van der Waals surface area contributed by atoms with E-state index in [9.17, 15) is 9.59 Å². The molecule has 6 nitrogen and oxygen atoms in total. The van der Waals surface area contributed by atoms with Gasteiger partial charge < -0.3 is 19.9 Å². The second-order valence-corrected chi connectivity index (χ2v) is 5.42. The molecule has 0 saturated carbocycles. The number of benzene rings is 1. The van der Waals surface area contributed by atoms with Crippen molar-refractivity contribution in [2.24, 2.45) is 0 Å². The van der Waals surface area contributed by atoms with Crippen molar-refractivity contribution in [1.29, 1.82) is 0 Å². The fourth-order valence-electron chi connectivity index (χ4n) is 2.42. The van der Waals surface area contributed by atoms with Crippen LogP contribution in [-0.4, -0.2) is 45.2 Å². The monoisotopic (exact) mass is 303 g/mol. The molecule has 1 atom stereocenters. The van der Waals surface area contributed by atoms with Gasteiger partial charge in [-0.2, -0.15) is 0 Å². The summed E-state index contributed by atoms with van der Waals surface area (Å²) in [6.45, 7) is 1.74. The number of rotatable bonds is 3. The molecule has 118 valence electrons.